The summed E-state index contributed by atoms with van der Waals surface area (Å²) in [6.45, 7) is -4.82. The Bertz CT molecular complexity index is 171. The summed E-state index contributed by atoms with van der Waals surface area (Å²) in [5, 5.41) is 0. The lowest BCUT2D eigenvalue weighted by Crippen LogP contribution is -2.38. The number of rotatable bonds is 2. The fraction of sp³-hybridized carbons (Fsp3) is 0.750. The van der Waals surface area contributed by atoms with Crippen molar-refractivity contribution in [3.8, 4) is 0 Å². The molecule has 0 aromatic rings. The van der Waals surface area contributed by atoms with Crippen molar-refractivity contribution in [3.05, 3.63) is 0 Å². The van der Waals surface area contributed by atoms with Crippen molar-refractivity contribution in [2.24, 2.45) is 0 Å². The van der Waals surface area contributed by atoms with Gasteiger partial charge in [0.2, 0.25) is 0 Å². The molecule has 0 aliphatic carbocycles. The van der Waals surface area contributed by atoms with Crippen molar-refractivity contribution >= 4 is 13.1 Å². The molecule has 1 rings (SSSR count). The van der Waals surface area contributed by atoms with Gasteiger partial charge in [-0.25, -0.2) is 4.79 Å². The number of amides is 1. The van der Waals surface area contributed by atoms with Crippen molar-refractivity contribution in [3.63, 3.8) is 0 Å². The van der Waals surface area contributed by atoms with Crippen molar-refractivity contribution in [2.75, 3.05) is 19.6 Å². The van der Waals surface area contributed by atoms with Crippen LogP contribution in [0.15, 0.2) is 0 Å². The van der Waals surface area contributed by atoms with Crippen LogP contribution in [0.25, 0.3) is 0 Å². The van der Waals surface area contributed by atoms with Gasteiger partial charge in [-0.3, -0.25) is 0 Å². The molecule has 0 N–H and O–H groups in total. The highest BCUT2D eigenvalue weighted by molar-refractivity contribution is 6.58. The Morgan fingerprint density at radius 1 is 1.55 bits per heavy atom. The van der Waals surface area contributed by atoms with Gasteiger partial charge in [0, 0.05) is 0 Å². The average molecular weight is 168 g/mol. The number of halogens is 3. The van der Waals surface area contributed by atoms with Gasteiger partial charge in [-0.2, -0.15) is 0 Å². The minimum absolute atomic E-state index is 0.0418. The van der Waals surface area contributed by atoms with Crippen LogP contribution in [0.4, 0.5) is 17.7 Å². The Morgan fingerprint density at radius 2 is 2.18 bits per heavy atom. The third-order valence-electron chi connectivity index (χ3n) is 1.27. The Kier molecular flexibility index (Phi) is 1.97. The highest BCUT2D eigenvalue weighted by atomic mass is 19.4. The van der Waals surface area contributed by atoms with E-state index in [2.05, 4.69) is 4.74 Å². The molecule has 3 nitrogen and oxygen atoms in total. The second kappa shape index (κ2) is 2.63. The number of hydrogen-bond donors (Lipinski definition) is 0. The summed E-state index contributed by atoms with van der Waals surface area (Å²) in [6, 6.07) is 0. The van der Waals surface area contributed by atoms with Gasteiger partial charge in [0.25, 0.3) is 0 Å². The smallest absolute Gasteiger partial charge is 0.448 e. The Morgan fingerprint density at radius 3 is 2.55 bits per heavy atom. The van der Waals surface area contributed by atoms with Crippen molar-refractivity contribution in [2.45, 2.75) is 0 Å². The lowest BCUT2D eigenvalue weighted by atomic mass is 9.91. The van der Waals surface area contributed by atoms with Crippen LogP contribution < -0.4 is 0 Å². The molecule has 0 unspecified atom stereocenters. The second-order valence-corrected chi connectivity index (χ2v) is 2.27. The molecule has 0 saturated carbocycles. The van der Waals surface area contributed by atoms with E-state index in [1.54, 1.807) is 0 Å². The van der Waals surface area contributed by atoms with E-state index >= 15 is 0 Å². The molecule has 11 heavy (non-hydrogen) atoms. The molecule has 1 amide bonds. The Balaban J connectivity index is 2.43. The molecular formula is C4H6BF3NO2-. The minimum Gasteiger partial charge on any atom is -0.448 e. The van der Waals surface area contributed by atoms with Gasteiger partial charge >= 0.3 is 13.1 Å². The van der Waals surface area contributed by atoms with E-state index in [1.165, 1.54) is 0 Å². The summed E-state index contributed by atoms with van der Waals surface area (Å²) >= 11 is 0. The molecule has 1 aliphatic rings. The van der Waals surface area contributed by atoms with Gasteiger partial charge in [-0.05, 0) is 6.44 Å². The molecule has 64 valence electrons. The molecule has 0 atom stereocenters. The van der Waals surface area contributed by atoms with Crippen LogP contribution in [-0.2, 0) is 4.74 Å². The van der Waals surface area contributed by atoms with Crippen LogP contribution in [0.1, 0.15) is 0 Å². The minimum atomic E-state index is -4.92. The number of carbonyl (C=O) groups excluding carboxylic acids is 1. The third-order valence-corrected chi connectivity index (χ3v) is 1.27. The van der Waals surface area contributed by atoms with Gasteiger partial charge in [-0.1, -0.05) is 0 Å². The van der Waals surface area contributed by atoms with Crippen LogP contribution in [0.3, 0.4) is 0 Å². The zero-order valence-electron chi connectivity index (χ0n) is 5.60. The average Bonchev–Trinajstić information content (AvgIpc) is 2.12. The van der Waals surface area contributed by atoms with E-state index in [0.29, 0.717) is 4.90 Å². The molecule has 1 fully saturated rings. The van der Waals surface area contributed by atoms with Crippen LogP contribution in [0.2, 0.25) is 0 Å². The van der Waals surface area contributed by atoms with Crippen LogP contribution in [0, 0.1) is 0 Å². The first kappa shape index (κ1) is 8.22. The highest BCUT2D eigenvalue weighted by Gasteiger charge is 2.32. The molecule has 0 aromatic carbocycles. The first-order valence-corrected chi connectivity index (χ1v) is 3.12. The normalized spacial score (nSPS) is 18.8. The maximum Gasteiger partial charge on any atom is 0.497 e. The number of hydrogen-bond acceptors (Lipinski definition) is 2. The van der Waals surface area contributed by atoms with Gasteiger partial charge < -0.3 is 22.6 Å². The predicted octanol–water partition coefficient (Wildman–Crippen LogP) is 0.825. The van der Waals surface area contributed by atoms with Gasteiger partial charge in [-0.15, -0.1) is 0 Å². The monoisotopic (exact) mass is 168 g/mol. The number of ether oxygens (including phenoxy) is 1. The maximum atomic E-state index is 11.7. The van der Waals surface area contributed by atoms with E-state index < -0.39 is 19.5 Å². The predicted molar refractivity (Wildman–Crippen MR) is 32.0 cm³/mol. The first-order valence-electron chi connectivity index (χ1n) is 3.12. The molecular weight excluding hydrogens is 162 g/mol. The Hall–Kier alpha value is -0.875. The van der Waals surface area contributed by atoms with Crippen molar-refractivity contribution < 1.29 is 22.5 Å². The maximum absolute atomic E-state index is 11.7. The summed E-state index contributed by atoms with van der Waals surface area (Å²) in [4.78, 5) is 11.1. The fourth-order valence-electron chi connectivity index (χ4n) is 0.841. The summed E-state index contributed by atoms with van der Waals surface area (Å²) in [7, 11) is 0. The molecule has 0 radical (unpaired) electrons. The number of nitrogens with zero attached hydrogens (tertiary/aromatic N) is 1. The fourth-order valence-corrected chi connectivity index (χ4v) is 0.841. The van der Waals surface area contributed by atoms with Gasteiger partial charge in [0.05, 0.1) is 6.54 Å². The zero-order valence-corrected chi connectivity index (χ0v) is 5.60. The van der Waals surface area contributed by atoms with Crippen molar-refractivity contribution in [1.82, 2.24) is 4.90 Å². The lowest BCUT2D eigenvalue weighted by Gasteiger charge is -2.20. The summed E-state index contributed by atoms with van der Waals surface area (Å²) in [6.07, 6.45) is -2.03. The third kappa shape index (κ3) is 2.32. The van der Waals surface area contributed by atoms with E-state index in [4.69, 9.17) is 0 Å². The highest BCUT2D eigenvalue weighted by Crippen LogP contribution is 2.13. The quantitative estimate of drug-likeness (QED) is 0.571. The molecule has 0 spiro atoms. The van der Waals surface area contributed by atoms with Crippen molar-refractivity contribution in [1.29, 1.82) is 0 Å². The van der Waals surface area contributed by atoms with Crippen LogP contribution in [0.5, 0.6) is 0 Å². The first-order chi connectivity index (χ1) is 4.99. The molecule has 0 aromatic heterocycles. The molecule has 1 aliphatic heterocycles. The van der Waals surface area contributed by atoms with Crippen LogP contribution >= 0.6 is 0 Å². The number of carbonyl (C=O) groups is 1. The molecule has 1 heterocycles. The molecule has 7 heteroatoms. The topological polar surface area (TPSA) is 29.5 Å². The largest absolute Gasteiger partial charge is 0.497 e. The number of cyclic esters (lactones) is 1. The van der Waals surface area contributed by atoms with Gasteiger partial charge in [0.1, 0.15) is 6.61 Å². The second-order valence-electron chi connectivity index (χ2n) is 2.27. The van der Waals surface area contributed by atoms with E-state index in [-0.39, 0.29) is 13.2 Å². The van der Waals surface area contributed by atoms with Gasteiger partial charge in [0.15, 0.2) is 0 Å². The summed E-state index contributed by atoms with van der Waals surface area (Å²) in [5.74, 6) is 0. The lowest BCUT2D eigenvalue weighted by molar-refractivity contribution is 0.159. The summed E-state index contributed by atoms with van der Waals surface area (Å²) < 4.78 is 39.4. The summed E-state index contributed by atoms with van der Waals surface area (Å²) in [5.41, 5.74) is 0. The zero-order chi connectivity index (χ0) is 8.48. The SMILES string of the molecule is O=C1OCCN1C[B-](F)(F)F. The van der Waals surface area contributed by atoms with E-state index in [0.717, 1.165) is 0 Å². The standard InChI is InChI=1S/C4H6BF3NO2/c6-5(7,8)3-9-1-2-11-4(9)10/h1-3H2/q-1. The molecule has 1 saturated heterocycles. The van der Waals surface area contributed by atoms with E-state index in [1.807, 2.05) is 0 Å². The Labute approximate surface area is 61.2 Å². The van der Waals surface area contributed by atoms with E-state index in [9.17, 15) is 17.7 Å². The molecule has 0 bridgehead atoms. The van der Waals surface area contributed by atoms with Crippen LogP contribution in [-0.4, -0.2) is 37.6 Å².